The fourth-order valence-electron chi connectivity index (χ4n) is 4.77. The van der Waals surface area contributed by atoms with Gasteiger partial charge in [-0.3, -0.25) is 5.32 Å². The predicted octanol–water partition coefficient (Wildman–Crippen LogP) is 3.88. The molecule has 2 saturated heterocycles. The summed E-state index contributed by atoms with van der Waals surface area (Å²) in [5.74, 6) is 2.41. The Morgan fingerprint density at radius 2 is 1.74 bits per heavy atom. The first-order valence-corrected chi connectivity index (χ1v) is 9.61. The highest BCUT2D eigenvalue weighted by molar-refractivity contribution is 7.15. The molecule has 2 unspecified atom stereocenters. The van der Waals surface area contributed by atoms with Crippen LogP contribution >= 0.6 is 11.3 Å². The molecule has 126 valence electrons. The molecule has 1 aromatic rings. The summed E-state index contributed by atoms with van der Waals surface area (Å²) in [5, 5.41) is 13.0. The molecule has 5 rings (SSSR count). The Hall–Kier alpha value is -1.17. The van der Waals surface area contributed by atoms with Crippen LogP contribution in [0.2, 0.25) is 0 Å². The molecule has 23 heavy (non-hydrogen) atoms. The molecule has 2 aliphatic carbocycles. The van der Waals surface area contributed by atoms with Crippen LogP contribution in [0, 0.1) is 17.8 Å². The lowest BCUT2D eigenvalue weighted by Crippen LogP contribution is -2.44. The van der Waals surface area contributed by atoms with Crippen molar-refractivity contribution in [3.63, 3.8) is 0 Å². The van der Waals surface area contributed by atoms with Crippen molar-refractivity contribution in [2.75, 3.05) is 11.9 Å². The van der Waals surface area contributed by atoms with Gasteiger partial charge in [0.15, 0.2) is 0 Å². The minimum atomic E-state index is -0.0267. The molecule has 1 N–H and O–H groups in total. The number of amides is 2. The number of hydrogen-bond acceptors (Lipinski definition) is 4. The Bertz CT molecular complexity index is 594. The highest BCUT2D eigenvalue weighted by atomic mass is 32.1. The average Bonchev–Trinajstić information content (AvgIpc) is 2.83. The molecule has 0 aromatic carbocycles. The van der Waals surface area contributed by atoms with Gasteiger partial charge in [-0.2, -0.15) is 0 Å². The summed E-state index contributed by atoms with van der Waals surface area (Å²) < 4.78 is 0. The van der Waals surface area contributed by atoms with Crippen molar-refractivity contribution in [1.29, 1.82) is 0 Å². The Morgan fingerprint density at radius 1 is 1.09 bits per heavy atom. The summed E-state index contributed by atoms with van der Waals surface area (Å²) >= 11 is 1.49. The van der Waals surface area contributed by atoms with E-state index in [1.807, 2.05) is 0 Å². The lowest BCUT2D eigenvalue weighted by atomic mass is 9.68. The van der Waals surface area contributed by atoms with E-state index in [-0.39, 0.29) is 11.4 Å². The zero-order chi connectivity index (χ0) is 16.2. The van der Waals surface area contributed by atoms with Gasteiger partial charge in [0, 0.05) is 18.0 Å². The third-order valence-electron chi connectivity index (χ3n) is 5.65. The van der Waals surface area contributed by atoms with Crippen molar-refractivity contribution in [1.82, 2.24) is 15.1 Å². The maximum absolute atomic E-state index is 12.8. The summed E-state index contributed by atoms with van der Waals surface area (Å²) in [7, 11) is 0. The van der Waals surface area contributed by atoms with Crippen molar-refractivity contribution < 1.29 is 4.79 Å². The molecule has 1 aromatic heterocycles. The summed E-state index contributed by atoms with van der Waals surface area (Å²) in [6.07, 6.45) is 6.44. The number of fused-ring (bicyclic) bond motifs is 1. The van der Waals surface area contributed by atoms with Gasteiger partial charge in [-0.1, -0.05) is 32.1 Å². The number of aromatic nitrogens is 2. The number of carbonyl (C=O) groups excluding carboxylic acids is 1. The molecule has 0 spiro atoms. The maximum atomic E-state index is 12.8. The number of nitrogens with zero attached hydrogens (tertiary/aromatic N) is 3. The Kier molecular flexibility index (Phi) is 3.63. The molecule has 0 radical (unpaired) electrons. The Balaban J connectivity index is 1.48. The number of rotatable bonds is 1. The smallest absolute Gasteiger partial charge is 0.321 e. The normalized spacial score (nSPS) is 32.9. The number of carbonyl (C=O) groups is 1. The summed E-state index contributed by atoms with van der Waals surface area (Å²) in [6, 6.07) is 0.459. The van der Waals surface area contributed by atoms with Crippen LogP contribution in [0.15, 0.2) is 0 Å². The second kappa shape index (κ2) is 5.43. The SMILES string of the molecule is CC(C)(C)c1nnc(NC(=O)N2CC3CC4CC(C3)CC2C4)s1. The van der Waals surface area contributed by atoms with Crippen molar-refractivity contribution in [3.8, 4) is 0 Å². The first-order chi connectivity index (χ1) is 10.9. The van der Waals surface area contributed by atoms with E-state index in [9.17, 15) is 4.79 Å². The van der Waals surface area contributed by atoms with Crippen LogP contribution in [0.1, 0.15) is 57.9 Å². The highest BCUT2D eigenvalue weighted by Crippen LogP contribution is 2.47. The lowest BCUT2D eigenvalue weighted by molar-refractivity contribution is 0.136. The maximum Gasteiger partial charge on any atom is 0.323 e. The topological polar surface area (TPSA) is 58.1 Å². The summed E-state index contributed by atoms with van der Waals surface area (Å²) in [5.41, 5.74) is -0.0267. The van der Waals surface area contributed by atoms with Crippen molar-refractivity contribution in [3.05, 3.63) is 5.01 Å². The van der Waals surface area contributed by atoms with Crippen LogP contribution in [0.3, 0.4) is 0 Å². The molecule has 2 saturated carbocycles. The lowest BCUT2D eigenvalue weighted by Gasteiger charge is -2.38. The molecule has 4 aliphatic rings. The standard InChI is InChI=1S/C17H26N4OS/c1-17(2,3)14-19-20-15(23-14)18-16(22)21-9-12-5-10-4-11(6-12)8-13(21)7-10/h10-13H,4-9H2,1-3H3,(H,18,20,22). The summed E-state index contributed by atoms with van der Waals surface area (Å²) in [6.45, 7) is 7.27. The fraction of sp³-hybridized carbons (Fsp3) is 0.824. The van der Waals surface area contributed by atoms with Crippen LogP contribution in [0.5, 0.6) is 0 Å². The zero-order valence-corrected chi connectivity index (χ0v) is 15.0. The van der Waals surface area contributed by atoms with Crippen molar-refractivity contribution >= 4 is 22.5 Å². The quantitative estimate of drug-likeness (QED) is 0.848. The molecule has 2 aliphatic heterocycles. The van der Waals surface area contributed by atoms with E-state index in [2.05, 4.69) is 41.2 Å². The second-order valence-corrected chi connectivity index (χ2v) is 9.65. The van der Waals surface area contributed by atoms with E-state index in [0.29, 0.717) is 17.1 Å². The molecule has 6 heteroatoms. The van der Waals surface area contributed by atoms with E-state index >= 15 is 0 Å². The predicted molar refractivity (Wildman–Crippen MR) is 91.7 cm³/mol. The van der Waals surface area contributed by atoms with Gasteiger partial charge < -0.3 is 4.90 Å². The second-order valence-electron chi connectivity index (χ2n) is 8.68. The highest BCUT2D eigenvalue weighted by Gasteiger charge is 2.44. The molecule has 5 nitrogen and oxygen atoms in total. The number of anilines is 1. The van der Waals surface area contributed by atoms with Crippen LogP contribution in [0.25, 0.3) is 0 Å². The van der Waals surface area contributed by atoms with Crippen LogP contribution in [-0.2, 0) is 5.41 Å². The van der Waals surface area contributed by atoms with Crippen LogP contribution < -0.4 is 5.32 Å². The van der Waals surface area contributed by atoms with E-state index in [4.69, 9.17) is 0 Å². The number of urea groups is 1. The van der Waals surface area contributed by atoms with Gasteiger partial charge in [0.2, 0.25) is 5.13 Å². The minimum absolute atomic E-state index is 0.0267. The van der Waals surface area contributed by atoms with Gasteiger partial charge in [-0.05, 0) is 49.9 Å². The van der Waals surface area contributed by atoms with Crippen molar-refractivity contribution in [2.24, 2.45) is 17.8 Å². The first kappa shape index (κ1) is 15.4. The average molecular weight is 334 g/mol. The summed E-state index contributed by atoms with van der Waals surface area (Å²) in [4.78, 5) is 14.9. The van der Waals surface area contributed by atoms with Gasteiger partial charge in [-0.25, -0.2) is 4.79 Å². The van der Waals surface area contributed by atoms with Crippen LogP contribution in [0.4, 0.5) is 9.93 Å². The molecule has 2 atom stereocenters. The monoisotopic (exact) mass is 334 g/mol. The first-order valence-electron chi connectivity index (χ1n) is 8.80. The third-order valence-corrected chi connectivity index (χ3v) is 6.91. The van der Waals surface area contributed by atoms with Gasteiger partial charge in [0.1, 0.15) is 5.01 Å². The fourth-order valence-corrected chi connectivity index (χ4v) is 5.56. The van der Waals surface area contributed by atoms with E-state index in [0.717, 1.165) is 23.4 Å². The Labute approximate surface area is 141 Å². The Morgan fingerprint density at radius 3 is 2.35 bits per heavy atom. The van der Waals surface area contributed by atoms with Gasteiger partial charge in [0.05, 0.1) is 0 Å². The molecule has 3 heterocycles. The van der Waals surface area contributed by atoms with Crippen molar-refractivity contribution in [2.45, 2.75) is 64.3 Å². The van der Waals surface area contributed by atoms with Crippen LogP contribution in [-0.4, -0.2) is 33.7 Å². The van der Waals surface area contributed by atoms with Gasteiger partial charge >= 0.3 is 6.03 Å². The minimum Gasteiger partial charge on any atom is -0.321 e. The van der Waals surface area contributed by atoms with E-state index < -0.39 is 0 Å². The van der Waals surface area contributed by atoms with E-state index in [1.54, 1.807) is 0 Å². The van der Waals surface area contributed by atoms with E-state index in [1.165, 1.54) is 43.4 Å². The zero-order valence-electron chi connectivity index (χ0n) is 14.2. The molecular weight excluding hydrogens is 308 g/mol. The molecule has 4 bridgehead atoms. The number of nitrogens with one attached hydrogen (secondary N) is 1. The number of hydrogen-bond donors (Lipinski definition) is 1. The molecule has 2 amide bonds. The molecular formula is C17H26N4OS. The van der Waals surface area contributed by atoms with Gasteiger partial charge in [0.25, 0.3) is 0 Å². The van der Waals surface area contributed by atoms with Gasteiger partial charge in [-0.15, -0.1) is 10.2 Å². The third kappa shape index (κ3) is 2.97. The molecule has 4 fully saturated rings. The largest absolute Gasteiger partial charge is 0.323 e.